The lowest BCUT2D eigenvalue weighted by atomic mass is 9.77. The van der Waals surface area contributed by atoms with E-state index >= 15 is 0 Å². The maximum atomic E-state index is 12.5. The zero-order chi connectivity index (χ0) is 15.3. The molecule has 0 bridgehead atoms. The summed E-state index contributed by atoms with van der Waals surface area (Å²) in [5, 5.41) is 0. The van der Waals surface area contributed by atoms with Crippen molar-refractivity contribution < 1.29 is 9.53 Å². The number of nitrogens with zero attached hydrogens (tertiary/aromatic N) is 4. The summed E-state index contributed by atoms with van der Waals surface area (Å²) in [5.74, 6) is 1.30. The lowest BCUT2D eigenvalue weighted by molar-refractivity contribution is -0.143. The Balaban J connectivity index is 1.54. The Labute approximate surface area is 130 Å². The molecule has 118 valence electrons. The van der Waals surface area contributed by atoms with E-state index in [2.05, 4.69) is 28.7 Å². The number of carbonyl (C=O) groups is 1. The van der Waals surface area contributed by atoms with Gasteiger partial charge in [-0.1, -0.05) is 0 Å². The van der Waals surface area contributed by atoms with Crippen LogP contribution in [0.5, 0.6) is 0 Å². The molecular weight excluding hydrogens is 280 g/mol. The Morgan fingerprint density at radius 1 is 1.32 bits per heavy atom. The lowest BCUT2D eigenvalue weighted by Gasteiger charge is -2.48. The van der Waals surface area contributed by atoms with E-state index in [9.17, 15) is 4.79 Å². The van der Waals surface area contributed by atoms with Crippen molar-refractivity contribution in [3.63, 3.8) is 0 Å². The van der Waals surface area contributed by atoms with E-state index in [1.54, 1.807) is 12.4 Å². The molecule has 0 aromatic carbocycles. The molecule has 1 spiro atoms. The molecule has 6 heteroatoms. The van der Waals surface area contributed by atoms with Crippen molar-refractivity contribution in [3.05, 3.63) is 18.1 Å². The minimum atomic E-state index is -0.0248. The third kappa shape index (κ3) is 1.93. The summed E-state index contributed by atoms with van der Waals surface area (Å²) in [4.78, 5) is 25.9. The Morgan fingerprint density at radius 3 is 2.77 bits per heavy atom. The van der Waals surface area contributed by atoms with Gasteiger partial charge in [-0.2, -0.15) is 0 Å². The van der Waals surface area contributed by atoms with Crippen molar-refractivity contribution >= 4 is 11.7 Å². The second kappa shape index (κ2) is 4.91. The molecule has 3 aliphatic rings. The minimum absolute atomic E-state index is 0.0248. The van der Waals surface area contributed by atoms with Gasteiger partial charge in [0.05, 0.1) is 23.6 Å². The van der Waals surface area contributed by atoms with Gasteiger partial charge in [0.15, 0.2) is 5.82 Å². The number of hydrogen-bond acceptors (Lipinski definition) is 5. The first-order chi connectivity index (χ1) is 10.6. The predicted molar refractivity (Wildman–Crippen MR) is 81.7 cm³/mol. The second-order valence-corrected chi connectivity index (χ2v) is 6.99. The van der Waals surface area contributed by atoms with Crippen LogP contribution >= 0.6 is 0 Å². The topological polar surface area (TPSA) is 58.6 Å². The molecule has 4 rings (SSSR count). The fourth-order valence-electron chi connectivity index (χ4n) is 3.90. The standard InChI is InChI=1S/C16H22N4O2/c1-11(2)20-10-16(13-14(20)18-5-4-17-13)8-19(9-16)15(21)12-3-6-22-7-12/h4-5,11-12H,3,6-10H2,1-2H3. The summed E-state index contributed by atoms with van der Waals surface area (Å²) in [6.07, 6.45) is 4.38. The summed E-state index contributed by atoms with van der Waals surface area (Å²) in [7, 11) is 0. The number of amides is 1. The molecule has 1 unspecified atom stereocenters. The highest BCUT2D eigenvalue weighted by Crippen LogP contribution is 2.45. The molecule has 0 N–H and O–H groups in total. The highest BCUT2D eigenvalue weighted by Gasteiger charge is 2.55. The molecular formula is C16H22N4O2. The third-order valence-electron chi connectivity index (χ3n) is 5.13. The molecule has 1 atom stereocenters. The molecule has 0 radical (unpaired) electrons. The molecule has 3 aliphatic heterocycles. The van der Waals surface area contributed by atoms with Gasteiger partial charge in [-0.05, 0) is 20.3 Å². The first kappa shape index (κ1) is 13.9. The molecule has 2 fully saturated rings. The molecule has 0 aliphatic carbocycles. The molecule has 1 aromatic heterocycles. The number of hydrogen-bond donors (Lipinski definition) is 0. The zero-order valence-corrected chi connectivity index (χ0v) is 13.2. The molecule has 1 amide bonds. The van der Waals surface area contributed by atoms with Crippen LogP contribution < -0.4 is 4.90 Å². The Bertz CT molecular complexity index is 592. The maximum absolute atomic E-state index is 12.5. The second-order valence-electron chi connectivity index (χ2n) is 6.99. The first-order valence-corrected chi connectivity index (χ1v) is 8.05. The van der Waals surface area contributed by atoms with E-state index in [1.165, 1.54) is 0 Å². The summed E-state index contributed by atoms with van der Waals surface area (Å²) < 4.78 is 5.34. The molecule has 0 saturated carbocycles. The van der Waals surface area contributed by atoms with Crippen molar-refractivity contribution in [1.29, 1.82) is 0 Å². The van der Waals surface area contributed by atoms with Crippen LogP contribution in [0.1, 0.15) is 26.0 Å². The van der Waals surface area contributed by atoms with Crippen molar-refractivity contribution in [2.45, 2.75) is 31.7 Å². The number of aromatic nitrogens is 2. The number of fused-ring (bicyclic) bond motifs is 2. The van der Waals surface area contributed by atoms with E-state index in [0.717, 1.165) is 37.6 Å². The van der Waals surface area contributed by atoms with E-state index in [4.69, 9.17) is 4.74 Å². The zero-order valence-electron chi connectivity index (χ0n) is 13.2. The highest BCUT2D eigenvalue weighted by molar-refractivity contribution is 5.81. The molecule has 1 aromatic rings. The normalized spacial score (nSPS) is 25.7. The van der Waals surface area contributed by atoms with Gasteiger partial charge >= 0.3 is 0 Å². The Hall–Kier alpha value is -1.69. The fourth-order valence-corrected chi connectivity index (χ4v) is 3.90. The van der Waals surface area contributed by atoms with Gasteiger partial charge in [-0.25, -0.2) is 4.98 Å². The summed E-state index contributed by atoms with van der Waals surface area (Å²) >= 11 is 0. The molecule has 22 heavy (non-hydrogen) atoms. The smallest absolute Gasteiger partial charge is 0.228 e. The molecule has 6 nitrogen and oxygen atoms in total. The maximum Gasteiger partial charge on any atom is 0.228 e. The van der Waals surface area contributed by atoms with Crippen LogP contribution in [-0.4, -0.2) is 59.7 Å². The van der Waals surface area contributed by atoms with Gasteiger partial charge < -0.3 is 14.5 Å². The summed E-state index contributed by atoms with van der Waals surface area (Å²) in [6, 6.07) is 0.391. The van der Waals surface area contributed by atoms with Gasteiger partial charge in [-0.3, -0.25) is 9.78 Å². The number of ether oxygens (including phenoxy) is 1. The molecule has 2 saturated heterocycles. The number of rotatable bonds is 2. The first-order valence-electron chi connectivity index (χ1n) is 8.05. The summed E-state index contributed by atoms with van der Waals surface area (Å²) in [5.41, 5.74) is 1.04. The van der Waals surface area contributed by atoms with Crippen LogP contribution in [0.25, 0.3) is 0 Å². The van der Waals surface area contributed by atoms with Crippen LogP contribution in [-0.2, 0) is 14.9 Å². The quantitative estimate of drug-likeness (QED) is 0.809. The Kier molecular flexibility index (Phi) is 3.11. The van der Waals surface area contributed by atoms with Gasteiger partial charge in [0.25, 0.3) is 0 Å². The van der Waals surface area contributed by atoms with Crippen LogP contribution in [0.15, 0.2) is 12.4 Å². The largest absolute Gasteiger partial charge is 0.381 e. The van der Waals surface area contributed by atoms with Gasteiger partial charge in [0.1, 0.15) is 0 Å². The number of anilines is 1. The lowest BCUT2D eigenvalue weighted by Crippen LogP contribution is -2.64. The van der Waals surface area contributed by atoms with Crippen molar-refractivity contribution in [2.24, 2.45) is 5.92 Å². The number of likely N-dealkylation sites (tertiary alicyclic amines) is 1. The van der Waals surface area contributed by atoms with Gasteiger partial charge in [0.2, 0.25) is 5.91 Å². The van der Waals surface area contributed by atoms with E-state index < -0.39 is 0 Å². The van der Waals surface area contributed by atoms with Crippen LogP contribution in [0.3, 0.4) is 0 Å². The minimum Gasteiger partial charge on any atom is -0.381 e. The van der Waals surface area contributed by atoms with E-state index in [1.807, 2.05) is 4.90 Å². The van der Waals surface area contributed by atoms with Crippen molar-refractivity contribution in [3.8, 4) is 0 Å². The average Bonchev–Trinajstić information content (AvgIpc) is 3.11. The fraction of sp³-hybridized carbons (Fsp3) is 0.688. The summed E-state index contributed by atoms with van der Waals surface area (Å²) in [6.45, 7) is 8.08. The van der Waals surface area contributed by atoms with Gasteiger partial charge in [-0.15, -0.1) is 0 Å². The van der Waals surface area contributed by atoms with E-state index in [-0.39, 0.29) is 17.2 Å². The SMILES string of the molecule is CC(C)N1CC2(CN(C(=O)C3CCOC3)C2)c2nccnc21. The van der Waals surface area contributed by atoms with Crippen molar-refractivity contribution in [1.82, 2.24) is 14.9 Å². The van der Waals surface area contributed by atoms with Crippen LogP contribution in [0, 0.1) is 5.92 Å². The van der Waals surface area contributed by atoms with Crippen molar-refractivity contribution in [2.75, 3.05) is 37.7 Å². The predicted octanol–water partition coefficient (Wildman–Crippen LogP) is 0.822. The van der Waals surface area contributed by atoms with E-state index in [0.29, 0.717) is 19.3 Å². The van der Waals surface area contributed by atoms with Crippen LogP contribution in [0.4, 0.5) is 5.82 Å². The third-order valence-corrected chi connectivity index (χ3v) is 5.13. The van der Waals surface area contributed by atoms with Crippen LogP contribution in [0.2, 0.25) is 0 Å². The number of carbonyl (C=O) groups excluding carboxylic acids is 1. The monoisotopic (exact) mass is 302 g/mol. The van der Waals surface area contributed by atoms with Gasteiger partial charge in [0, 0.05) is 44.7 Å². The highest BCUT2D eigenvalue weighted by atomic mass is 16.5. The Morgan fingerprint density at radius 2 is 2.09 bits per heavy atom. The average molecular weight is 302 g/mol. The molecule has 4 heterocycles.